The quantitative estimate of drug-likeness (QED) is 0.740. The highest BCUT2D eigenvalue weighted by Crippen LogP contribution is 2.49. The van der Waals surface area contributed by atoms with E-state index in [0.717, 1.165) is 10.5 Å². The van der Waals surface area contributed by atoms with E-state index in [2.05, 4.69) is 77.4 Å². The smallest absolute Gasteiger partial charge is 0.0758 e. The van der Waals surface area contributed by atoms with Gasteiger partial charge in [0.15, 0.2) is 0 Å². The molecule has 0 bridgehead atoms. The Labute approximate surface area is 120 Å². The Bertz CT molecular complexity index is 330. The normalized spacial score (nSPS) is 21.2. The van der Waals surface area contributed by atoms with Crippen LogP contribution in [0.15, 0.2) is 30.3 Å². The Kier molecular flexibility index (Phi) is 4.59. The minimum atomic E-state index is 0.660. The van der Waals surface area contributed by atoms with Crippen LogP contribution in [-0.2, 0) is 0 Å². The minimum absolute atomic E-state index is 0.660. The van der Waals surface area contributed by atoms with Gasteiger partial charge in [-0.15, -0.1) is 23.5 Å². The van der Waals surface area contributed by atoms with Gasteiger partial charge in [-0.2, -0.15) is 23.5 Å². The van der Waals surface area contributed by atoms with E-state index in [0.29, 0.717) is 4.58 Å². The van der Waals surface area contributed by atoms with Crippen LogP contribution in [0.2, 0.25) is 0 Å². The van der Waals surface area contributed by atoms with Gasteiger partial charge in [0.25, 0.3) is 0 Å². The Hall–Kier alpha value is 0.620. The molecular formula is C13H16S4. The maximum Gasteiger partial charge on any atom is 0.0758 e. The summed E-state index contributed by atoms with van der Waals surface area (Å²) in [6, 6.07) is 11.1. The summed E-state index contributed by atoms with van der Waals surface area (Å²) in [6.45, 7) is 0. The number of thioether (sulfide) groups is 4. The molecule has 2 aliphatic rings. The van der Waals surface area contributed by atoms with E-state index in [4.69, 9.17) is 0 Å². The molecule has 0 saturated carbocycles. The number of benzene rings is 1. The Morgan fingerprint density at radius 2 is 1.41 bits per heavy atom. The first-order valence-electron chi connectivity index (χ1n) is 5.93. The van der Waals surface area contributed by atoms with Crippen LogP contribution in [0, 0.1) is 0 Å². The van der Waals surface area contributed by atoms with Crippen LogP contribution in [0.4, 0.5) is 0 Å². The number of hydrogen-bond donors (Lipinski definition) is 0. The maximum atomic E-state index is 2.29. The van der Waals surface area contributed by atoms with Crippen molar-refractivity contribution in [3.8, 4) is 0 Å². The lowest BCUT2D eigenvalue weighted by Gasteiger charge is -2.33. The molecule has 0 unspecified atom stereocenters. The molecule has 0 aromatic heterocycles. The number of rotatable bonds is 5. The Morgan fingerprint density at radius 1 is 0.882 bits per heavy atom. The predicted molar refractivity (Wildman–Crippen MR) is 86.6 cm³/mol. The fraction of sp³-hybridized carbons (Fsp3) is 0.538. The summed E-state index contributed by atoms with van der Waals surface area (Å²) in [5.41, 5.74) is 1.51. The lowest BCUT2D eigenvalue weighted by Crippen LogP contribution is -2.25. The molecule has 2 aliphatic heterocycles. The van der Waals surface area contributed by atoms with Gasteiger partial charge in [-0.1, -0.05) is 30.3 Å². The van der Waals surface area contributed by atoms with E-state index in [1.165, 1.54) is 28.6 Å². The molecule has 4 heteroatoms. The Balaban J connectivity index is 1.65. The molecule has 0 spiro atoms. The van der Waals surface area contributed by atoms with Crippen molar-refractivity contribution in [3.05, 3.63) is 35.9 Å². The maximum absolute atomic E-state index is 2.29. The molecule has 0 nitrogen and oxygen atoms in total. The monoisotopic (exact) mass is 300 g/mol. The van der Waals surface area contributed by atoms with E-state index in [-0.39, 0.29) is 0 Å². The van der Waals surface area contributed by atoms with Gasteiger partial charge in [0.2, 0.25) is 0 Å². The molecule has 1 aromatic carbocycles. The van der Waals surface area contributed by atoms with E-state index in [1.807, 2.05) is 0 Å². The third-order valence-electron chi connectivity index (χ3n) is 2.92. The standard InChI is InChI=1S/C13H16S4/c1-2-4-10(5-3-1)13(16-11-6-14-7-11)17-12-8-15-9-12/h1-5,11-13H,6-9H2. The van der Waals surface area contributed by atoms with Crippen molar-refractivity contribution in [2.45, 2.75) is 15.1 Å². The third-order valence-corrected chi connectivity index (χ3v) is 9.46. The van der Waals surface area contributed by atoms with Crippen molar-refractivity contribution in [2.75, 3.05) is 23.0 Å². The summed E-state index contributed by atoms with van der Waals surface area (Å²) < 4.78 is 0.660. The van der Waals surface area contributed by atoms with Gasteiger partial charge in [-0.3, -0.25) is 0 Å². The van der Waals surface area contributed by atoms with Crippen LogP contribution in [-0.4, -0.2) is 33.5 Å². The first-order valence-corrected chi connectivity index (χ1v) is 10.1. The highest BCUT2D eigenvalue weighted by Gasteiger charge is 2.29. The first kappa shape index (κ1) is 12.6. The van der Waals surface area contributed by atoms with Gasteiger partial charge in [0.1, 0.15) is 0 Å². The molecule has 0 aliphatic carbocycles. The fourth-order valence-corrected chi connectivity index (χ4v) is 7.53. The molecule has 1 aromatic rings. The molecule has 17 heavy (non-hydrogen) atoms. The van der Waals surface area contributed by atoms with Crippen molar-refractivity contribution in [1.82, 2.24) is 0 Å². The van der Waals surface area contributed by atoms with Crippen LogP contribution in [0.1, 0.15) is 10.1 Å². The topological polar surface area (TPSA) is 0 Å². The van der Waals surface area contributed by atoms with Crippen LogP contribution >= 0.6 is 47.0 Å². The summed E-state index contributed by atoms with van der Waals surface area (Å²) in [5, 5.41) is 1.79. The average molecular weight is 301 g/mol. The van der Waals surface area contributed by atoms with Crippen LogP contribution < -0.4 is 0 Å². The van der Waals surface area contributed by atoms with Crippen molar-refractivity contribution in [1.29, 1.82) is 0 Å². The molecule has 2 heterocycles. The second-order valence-electron chi connectivity index (χ2n) is 4.33. The molecule has 0 radical (unpaired) electrons. The van der Waals surface area contributed by atoms with Crippen LogP contribution in [0.3, 0.4) is 0 Å². The fourth-order valence-electron chi connectivity index (χ4n) is 1.73. The lowest BCUT2D eigenvalue weighted by atomic mass is 10.2. The van der Waals surface area contributed by atoms with Gasteiger partial charge in [0.05, 0.1) is 4.58 Å². The average Bonchev–Trinajstić information content (AvgIpc) is 2.26. The highest BCUT2D eigenvalue weighted by atomic mass is 32.2. The largest absolute Gasteiger partial charge is 0.160 e. The van der Waals surface area contributed by atoms with E-state index in [1.54, 1.807) is 0 Å². The summed E-state index contributed by atoms with van der Waals surface area (Å²) >= 11 is 8.56. The SMILES string of the molecule is c1ccc(C(SC2CSC2)SC2CSC2)cc1. The molecule has 0 N–H and O–H groups in total. The molecule has 3 rings (SSSR count). The summed E-state index contributed by atoms with van der Waals surface area (Å²) in [6.07, 6.45) is 0. The highest BCUT2D eigenvalue weighted by molar-refractivity contribution is 8.19. The zero-order valence-corrected chi connectivity index (χ0v) is 12.8. The first-order chi connectivity index (χ1) is 8.42. The van der Waals surface area contributed by atoms with Gasteiger partial charge in [0, 0.05) is 33.5 Å². The molecule has 0 atom stereocenters. The molecular weight excluding hydrogens is 284 g/mol. The summed E-state index contributed by atoms with van der Waals surface area (Å²) in [7, 11) is 0. The van der Waals surface area contributed by atoms with E-state index in [9.17, 15) is 0 Å². The van der Waals surface area contributed by atoms with Crippen LogP contribution in [0.25, 0.3) is 0 Å². The molecule has 2 fully saturated rings. The second-order valence-corrected chi connectivity index (χ2v) is 9.60. The molecule has 0 amide bonds. The molecule has 2 saturated heterocycles. The van der Waals surface area contributed by atoms with Crippen molar-refractivity contribution in [2.24, 2.45) is 0 Å². The van der Waals surface area contributed by atoms with Crippen molar-refractivity contribution >= 4 is 47.0 Å². The van der Waals surface area contributed by atoms with Gasteiger partial charge >= 0.3 is 0 Å². The van der Waals surface area contributed by atoms with Crippen molar-refractivity contribution in [3.63, 3.8) is 0 Å². The zero-order chi connectivity index (χ0) is 11.5. The van der Waals surface area contributed by atoms with Gasteiger partial charge in [-0.25, -0.2) is 0 Å². The zero-order valence-electron chi connectivity index (χ0n) is 9.58. The Morgan fingerprint density at radius 3 is 1.82 bits per heavy atom. The van der Waals surface area contributed by atoms with Crippen molar-refractivity contribution < 1.29 is 0 Å². The lowest BCUT2D eigenvalue weighted by molar-refractivity contribution is 1.06. The second kappa shape index (κ2) is 6.18. The predicted octanol–water partition coefficient (Wildman–Crippen LogP) is 4.38. The summed E-state index contributed by atoms with van der Waals surface area (Å²) in [4.78, 5) is 0. The minimum Gasteiger partial charge on any atom is -0.160 e. The number of hydrogen-bond acceptors (Lipinski definition) is 4. The van der Waals surface area contributed by atoms with E-state index >= 15 is 0 Å². The van der Waals surface area contributed by atoms with E-state index < -0.39 is 0 Å². The summed E-state index contributed by atoms with van der Waals surface area (Å²) in [5.74, 6) is 5.42. The van der Waals surface area contributed by atoms with Gasteiger partial charge in [-0.05, 0) is 5.56 Å². The van der Waals surface area contributed by atoms with Gasteiger partial charge < -0.3 is 0 Å². The molecule has 92 valence electrons. The van der Waals surface area contributed by atoms with Crippen LogP contribution in [0.5, 0.6) is 0 Å². The third kappa shape index (κ3) is 3.34.